The van der Waals surface area contributed by atoms with Crippen molar-refractivity contribution in [1.29, 1.82) is 0 Å². The van der Waals surface area contributed by atoms with E-state index in [1.165, 1.54) is 99.9 Å². The Morgan fingerprint density at radius 3 is 1.37 bits per heavy atom. The second-order valence-electron chi connectivity index (χ2n) is 8.99. The Bertz CT molecular complexity index is 1010. The first-order valence-corrected chi connectivity index (χ1v) is 15.6. The third kappa shape index (κ3) is 8.13. The van der Waals surface area contributed by atoms with Gasteiger partial charge in [0.05, 0.1) is 6.61 Å². The predicted octanol–water partition coefficient (Wildman–Crippen LogP) is 6.82. The van der Waals surface area contributed by atoms with Crippen LogP contribution in [0, 0.1) is 0 Å². The van der Waals surface area contributed by atoms with E-state index < -0.39 is 24.3 Å². The summed E-state index contributed by atoms with van der Waals surface area (Å²) >= 11 is 0. The fraction of sp³-hybridized carbons (Fsp3) is 0.556. The summed E-state index contributed by atoms with van der Waals surface area (Å²) in [5.41, 5.74) is -0.188. The van der Waals surface area contributed by atoms with E-state index in [9.17, 15) is 21.4 Å². The van der Waals surface area contributed by atoms with Crippen LogP contribution in [0.1, 0.15) is 95.1 Å². The van der Waals surface area contributed by atoms with E-state index in [0.29, 0.717) is 6.42 Å². The normalized spacial score (nSPS) is 12.6. The average Bonchev–Trinajstić information content (AvgIpc) is 2.83. The number of hydrogen-bond donors (Lipinski definition) is 1. The van der Waals surface area contributed by atoms with Crippen molar-refractivity contribution >= 4 is 20.2 Å². The van der Waals surface area contributed by atoms with Gasteiger partial charge in [-0.15, -0.1) is 0 Å². The second-order valence-corrected chi connectivity index (χ2v) is 12.6. The van der Waals surface area contributed by atoms with Gasteiger partial charge >= 0.3 is 0 Å². The van der Waals surface area contributed by atoms with Crippen LogP contribution in [0.4, 0.5) is 0 Å². The van der Waals surface area contributed by atoms with Crippen molar-refractivity contribution in [3.63, 3.8) is 0 Å². The van der Waals surface area contributed by atoms with E-state index in [1.54, 1.807) is 12.1 Å². The van der Waals surface area contributed by atoms with Crippen molar-refractivity contribution in [3.05, 3.63) is 71.8 Å². The van der Waals surface area contributed by atoms with E-state index in [0.717, 1.165) is 19.3 Å². The highest BCUT2D eigenvalue weighted by molar-refractivity contribution is 8.05. The summed E-state index contributed by atoms with van der Waals surface area (Å²) in [6.07, 6.45) is 13.5. The number of unbranched alkanes of at least 4 members (excludes halogenated alkanes) is 11. The molecular formula is C27H40O6S2. The van der Waals surface area contributed by atoms with Crippen LogP contribution in [0.2, 0.25) is 0 Å². The monoisotopic (exact) mass is 524 g/mol. The van der Waals surface area contributed by atoms with E-state index in [1.807, 2.05) is 0 Å². The molecule has 2 aromatic rings. The molecule has 196 valence electrons. The zero-order chi connectivity index (χ0) is 25.6. The molecule has 0 aromatic heterocycles. The third-order valence-electron chi connectivity index (χ3n) is 6.26. The quantitative estimate of drug-likeness (QED) is 0.130. The van der Waals surface area contributed by atoms with E-state index in [2.05, 4.69) is 6.92 Å². The van der Waals surface area contributed by atoms with Crippen molar-refractivity contribution in [2.45, 2.75) is 88.1 Å². The summed E-state index contributed by atoms with van der Waals surface area (Å²) in [5, 5.41) is 0. The van der Waals surface area contributed by atoms with E-state index in [-0.39, 0.29) is 17.7 Å². The lowest BCUT2D eigenvalue weighted by Gasteiger charge is -2.30. The smallest absolute Gasteiger partial charge is 0.284 e. The van der Waals surface area contributed by atoms with Gasteiger partial charge in [-0.1, -0.05) is 138 Å². The van der Waals surface area contributed by atoms with Gasteiger partial charge in [0.25, 0.3) is 24.3 Å². The molecular weight excluding hydrogens is 484 g/mol. The average molecular weight is 525 g/mol. The Morgan fingerprint density at radius 1 is 0.629 bits per heavy atom. The van der Waals surface area contributed by atoms with E-state index in [4.69, 9.17) is 4.18 Å². The van der Waals surface area contributed by atoms with Crippen LogP contribution in [-0.4, -0.2) is 28.0 Å². The zero-order valence-electron chi connectivity index (χ0n) is 20.8. The Kier molecular flexibility index (Phi) is 12.4. The van der Waals surface area contributed by atoms with Crippen LogP contribution < -0.4 is 0 Å². The molecule has 0 heterocycles. The molecule has 0 aliphatic heterocycles. The summed E-state index contributed by atoms with van der Waals surface area (Å²) in [6.45, 7) is 2.08. The Morgan fingerprint density at radius 2 is 1.00 bits per heavy atom. The minimum absolute atomic E-state index is 0.0941. The van der Waals surface area contributed by atoms with Crippen LogP contribution in [0.25, 0.3) is 0 Å². The summed E-state index contributed by atoms with van der Waals surface area (Å²) in [6, 6.07) is 14.9. The molecule has 0 atom stereocenters. The molecule has 8 heteroatoms. The highest BCUT2D eigenvalue weighted by Gasteiger charge is 2.59. The van der Waals surface area contributed by atoms with Crippen LogP contribution in [0.15, 0.2) is 60.7 Å². The van der Waals surface area contributed by atoms with Gasteiger partial charge in [0.1, 0.15) is 0 Å². The van der Waals surface area contributed by atoms with Gasteiger partial charge in [-0.3, -0.25) is 8.74 Å². The lowest BCUT2D eigenvalue weighted by atomic mass is 10.0. The maximum atomic E-state index is 13.4. The molecule has 2 aromatic carbocycles. The van der Waals surface area contributed by atoms with Crippen molar-refractivity contribution in [2.75, 3.05) is 6.61 Å². The first kappa shape index (κ1) is 29.5. The highest BCUT2D eigenvalue weighted by atomic mass is 32.3. The van der Waals surface area contributed by atoms with Gasteiger partial charge in [-0.25, -0.2) is 0 Å². The summed E-state index contributed by atoms with van der Waals surface area (Å²) in [7, 11) is -9.97. The molecule has 2 rings (SSSR count). The summed E-state index contributed by atoms with van der Waals surface area (Å²) in [4.78, 5) is 0. The minimum atomic E-state index is -5.17. The number of hydrogen-bond acceptors (Lipinski definition) is 5. The molecule has 0 aliphatic carbocycles. The maximum absolute atomic E-state index is 13.4. The first-order chi connectivity index (χ1) is 16.8. The van der Waals surface area contributed by atoms with Gasteiger partial charge in [0.2, 0.25) is 0 Å². The van der Waals surface area contributed by atoms with Gasteiger partial charge < -0.3 is 0 Å². The number of rotatable bonds is 18. The molecule has 0 radical (unpaired) electrons. The van der Waals surface area contributed by atoms with Crippen molar-refractivity contribution in [1.82, 2.24) is 0 Å². The molecule has 0 saturated heterocycles. The van der Waals surface area contributed by atoms with Crippen LogP contribution in [-0.2, 0) is 28.5 Å². The van der Waals surface area contributed by atoms with Gasteiger partial charge in [-0.05, 0) is 17.5 Å². The highest BCUT2D eigenvalue weighted by Crippen LogP contribution is 2.43. The lowest BCUT2D eigenvalue weighted by molar-refractivity contribution is 0.298. The Labute approximate surface area is 212 Å². The maximum Gasteiger partial charge on any atom is 0.299 e. The number of benzene rings is 2. The van der Waals surface area contributed by atoms with Crippen LogP contribution >= 0.6 is 0 Å². The molecule has 0 amide bonds. The Balaban J connectivity index is 1.96. The Hall–Kier alpha value is -1.74. The van der Waals surface area contributed by atoms with Crippen molar-refractivity contribution in [3.8, 4) is 0 Å². The zero-order valence-corrected chi connectivity index (χ0v) is 22.4. The SMILES string of the molecule is CCCCCCCCCCCCCCOS(=O)(=O)C(c1ccccc1)(c1ccccc1)S(=O)(=O)O. The van der Waals surface area contributed by atoms with Crippen LogP contribution in [0.5, 0.6) is 0 Å². The van der Waals surface area contributed by atoms with Crippen molar-refractivity contribution in [2.24, 2.45) is 0 Å². The molecule has 0 bridgehead atoms. The molecule has 0 fully saturated rings. The standard InChI is InChI=1S/C27H40O6S2/c1-2-3-4-5-6-7-8-9-10-11-12-19-24-33-35(31,32)27(34(28,29)30,25-20-15-13-16-21-25)26-22-17-14-18-23-26/h13-18,20-23H,2-12,19,24H2,1H3,(H,28,29,30). The molecule has 0 spiro atoms. The molecule has 35 heavy (non-hydrogen) atoms. The second kappa shape index (κ2) is 14.7. The molecule has 6 nitrogen and oxygen atoms in total. The first-order valence-electron chi connectivity index (χ1n) is 12.7. The minimum Gasteiger partial charge on any atom is -0.284 e. The van der Waals surface area contributed by atoms with Gasteiger partial charge in [0.15, 0.2) is 0 Å². The summed E-state index contributed by atoms with van der Waals surface area (Å²) in [5.74, 6) is 0. The third-order valence-corrected chi connectivity index (χ3v) is 10.4. The summed E-state index contributed by atoms with van der Waals surface area (Å²) < 4.78 is 65.1. The predicted molar refractivity (Wildman–Crippen MR) is 141 cm³/mol. The topological polar surface area (TPSA) is 97.7 Å². The molecule has 1 N–H and O–H groups in total. The fourth-order valence-corrected chi connectivity index (χ4v) is 7.79. The molecule has 0 saturated carbocycles. The molecule has 0 unspecified atom stereocenters. The van der Waals surface area contributed by atoms with Gasteiger partial charge in [0, 0.05) is 0 Å². The largest absolute Gasteiger partial charge is 0.299 e. The van der Waals surface area contributed by atoms with Gasteiger partial charge in [-0.2, -0.15) is 16.8 Å². The van der Waals surface area contributed by atoms with E-state index >= 15 is 0 Å². The fourth-order valence-electron chi connectivity index (χ4n) is 4.39. The molecule has 0 aliphatic rings. The lowest BCUT2D eigenvalue weighted by Crippen LogP contribution is -2.45. The van der Waals surface area contributed by atoms with Crippen LogP contribution in [0.3, 0.4) is 0 Å². The van der Waals surface area contributed by atoms with Crippen molar-refractivity contribution < 1.29 is 25.6 Å².